The predicted molar refractivity (Wildman–Crippen MR) is 71.7 cm³/mol. The second-order valence-corrected chi connectivity index (χ2v) is 4.59. The van der Waals surface area contributed by atoms with Crippen LogP contribution >= 0.6 is 11.3 Å². The molecule has 19 heavy (non-hydrogen) atoms. The lowest BCUT2D eigenvalue weighted by Gasteiger charge is -2.07. The molecule has 0 aliphatic carbocycles. The van der Waals surface area contributed by atoms with Gasteiger partial charge in [-0.15, -0.1) is 11.3 Å². The molecule has 0 aliphatic heterocycles. The Morgan fingerprint density at radius 2 is 1.95 bits per heavy atom. The fraction of sp³-hybridized carbons (Fsp3) is 0. The van der Waals surface area contributed by atoms with E-state index in [1.54, 1.807) is 0 Å². The number of benzene rings is 1. The quantitative estimate of drug-likeness (QED) is 0.568. The second kappa shape index (κ2) is 4.79. The molecular formula is C12H9FN4OS. The Hall–Kier alpha value is -2.25. The number of hydrazine groups is 1. The molecule has 7 heteroatoms. The first kappa shape index (κ1) is 11.8. The number of rotatable bonds is 3. The molecule has 1 aromatic carbocycles. The number of ether oxygens (including phenoxy) is 1. The number of hydrogen-bond acceptors (Lipinski definition) is 6. The number of aromatic nitrogens is 2. The summed E-state index contributed by atoms with van der Waals surface area (Å²) >= 11 is 1.46. The second-order valence-electron chi connectivity index (χ2n) is 3.69. The van der Waals surface area contributed by atoms with Crippen LogP contribution in [-0.4, -0.2) is 9.97 Å². The topological polar surface area (TPSA) is 73.1 Å². The van der Waals surface area contributed by atoms with E-state index in [1.807, 2.05) is 11.4 Å². The molecule has 0 atom stereocenters. The largest absolute Gasteiger partial charge is 0.438 e. The molecule has 3 aromatic rings. The summed E-state index contributed by atoms with van der Waals surface area (Å²) in [5.41, 5.74) is 2.39. The van der Waals surface area contributed by atoms with Gasteiger partial charge in [-0.3, -0.25) is 5.43 Å². The van der Waals surface area contributed by atoms with Gasteiger partial charge in [-0.05, 0) is 35.7 Å². The fourth-order valence-electron chi connectivity index (χ4n) is 1.58. The molecule has 0 spiro atoms. The molecule has 0 unspecified atom stereocenters. The van der Waals surface area contributed by atoms with Crippen molar-refractivity contribution in [2.24, 2.45) is 5.84 Å². The van der Waals surface area contributed by atoms with E-state index in [2.05, 4.69) is 15.4 Å². The van der Waals surface area contributed by atoms with Gasteiger partial charge < -0.3 is 4.74 Å². The van der Waals surface area contributed by atoms with E-state index < -0.39 is 0 Å². The number of nitrogens with zero attached hydrogens (tertiary/aromatic N) is 2. The van der Waals surface area contributed by atoms with Crippen LogP contribution < -0.4 is 16.0 Å². The summed E-state index contributed by atoms with van der Waals surface area (Å²) in [6.45, 7) is 0. The number of thiophene rings is 1. The zero-order chi connectivity index (χ0) is 13.2. The van der Waals surface area contributed by atoms with Gasteiger partial charge in [-0.2, -0.15) is 4.98 Å². The number of nitrogens with two attached hydrogens (primary N) is 1. The minimum absolute atomic E-state index is 0.270. The molecule has 3 N–H and O–H groups in total. The Morgan fingerprint density at radius 1 is 1.16 bits per heavy atom. The Morgan fingerprint density at radius 3 is 2.68 bits per heavy atom. The third kappa shape index (κ3) is 2.33. The van der Waals surface area contributed by atoms with Gasteiger partial charge in [0.15, 0.2) is 0 Å². The van der Waals surface area contributed by atoms with Crippen LogP contribution in [0.5, 0.6) is 11.6 Å². The summed E-state index contributed by atoms with van der Waals surface area (Å²) in [5.74, 6) is 6.14. The smallest absolute Gasteiger partial charge is 0.241 e. The van der Waals surface area contributed by atoms with E-state index in [-0.39, 0.29) is 11.8 Å². The normalized spacial score (nSPS) is 10.6. The average Bonchev–Trinajstić information content (AvgIpc) is 2.89. The minimum Gasteiger partial charge on any atom is -0.438 e. The first-order valence-corrected chi connectivity index (χ1v) is 6.29. The van der Waals surface area contributed by atoms with Gasteiger partial charge in [-0.25, -0.2) is 15.2 Å². The first-order valence-electron chi connectivity index (χ1n) is 5.41. The molecular weight excluding hydrogens is 267 g/mol. The summed E-state index contributed by atoms with van der Waals surface area (Å²) < 4.78 is 18.5. The number of halogens is 1. The highest BCUT2D eigenvalue weighted by atomic mass is 32.1. The highest BCUT2D eigenvalue weighted by Crippen LogP contribution is 2.31. The Labute approximate surface area is 111 Å². The molecule has 0 saturated heterocycles. The first-order chi connectivity index (χ1) is 9.26. The maximum Gasteiger partial charge on any atom is 0.241 e. The monoisotopic (exact) mass is 276 g/mol. The summed E-state index contributed by atoms with van der Waals surface area (Å²) in [5, 5.41) is 2.67. The molecule has 0 fully saturated rings. The van der Waals surface area contributed by atoms with Crippen LogP contribution in [0.25, 0.3) is 10.2 Å². The SMILES string of the molecule is NNc1nc(Oc2ccc(F)cc2)c2ccsc2n1. The van der Waals surface area contributed by atoms with Gasteiger partial charge in [0, 0.05) is 0 Å². The molecule has 0 saturated carbocycles. The van der Waals surface area contributed by atoms with E-state index >= 15 is 0 Å². The fourth-order valence-corrected chi connectivity index (χ4v) is 2.34. The Kier molecular flexibility index (Phi) is 2.98. The highest BCUT2D eigenvalue weighted by Gasteiger charge is 2.10. The zero-order valence-corrected chi connectivity index (χ0v) is 10.4. The molecule has 0 aliphatic rings. The zero-order valence-electron chi connectivity index (χ0n) is 9.63. The van der Waals surface area contributed by atoms with Crippen LogP contribution in [0.4, 0.5) is 10.3 Å². The number of fused-ring (bicyclic) bond motifs is 1. The Bertz CT molecular complexity index is 713. The molecule has 0 radical (unpaired) electrons. The third-order valence-corrected chi connectivity index (χ3v) is 3.25. The van der Waals surface area contributed by atoms with E-state index in [4.69, 9.17) is 10.6 Å². The molecule has 5 nitrogen and oxygen atoms in total. The van der Waals surface area contributed by atoms with Crippen molar-refractivity contribution in [1.82, 2.24) is 9.97 Å². The predicted octanol–water partition coefficient (Wildman–Crippen LogP) is 2.91. The van der Waals surface area contributed by atoms with Crippen LogP contribution in [0.3, 0.4) is 0 Å². The lowest BCUT2D eigenvalue weighted by atomic mass is 10.3. The van der Waals surface area contributed by atoms with Crippen LogP contribution in [0.15, 0.2) is 35.7 Å². The lowest BCUT2D eigenvalue weighted by Crippen LogP contribution is -2.10. The number of nitrogens with one attached hydrogen (secondary N) is 1. The van der Waals surface area contributed by atoms with Crippen molar-refractivity contribution in [2.45, 2.75) is 0 Å². The van der Waals surface area contributed by atoms with Gasteiger partial charge in [-0.1, -0.05) is 0 Å². The van der Waals surface area contributed by atoms with Crippen molar-refractivity contribution < 1.29 is 9.13 Å². The van der Waals surface area contributed by atoms with Crippen molar-refractivity contribution in [3.63, 3.8) is 0 Å². The number of nitrogen functional groups attached to an aromatic ring is 1. The number of anilines is 1. The van der Waals surface area contributed by atoms with E-state index in [0.717, 1.165) is 10.2 Å². The summed E-state index contributed by atoms with van der Waals surface area (Å²) in [7, 11) is 0. The van der Waals surface area contributed by atoms with Crippen molar-refractivity contribution >= 4 is 27.5 Å². The van der Waals surface area contributed by atoms with Crippen molar-refractivity contribution in [3.8, 4) is 11.6 Å². The van der Waals surface area contributed by atoms with Crippen LogP contribution in [0.2, 0.25) is 0 Å². The summed E-state index contributed by atoms with van der Waals surface area (Å²) in [4.78, 5) is 9.12. The van der Waals surface area contributed by atoms with Gasteiger partial charge in [0.05, 0.1) is 5.39 Å². The van der Waals surface area contributed by atoms with Crippen LogP contribution in [0, 0.1) is 5.82 Å². The molecule has 2 aromatic heterocycles. The van der Waals surface area contributed by atoms with Gasteiger partial charge in [0.25, 0.3) is 0 Å². The van der Waals surface area contributed by atoms with Crippen LogP contribution in [-0.2, 0) is 0 Å². The standard InChI is InChI=1S/C12H9FN4OS/c13-7-1-3-8(4-2-7)18-10-9-5-6-19-11(9)16-12(15-10)17-14/h1-6H,14H2,(H,15,16,17). The van der Waals surface area contributed by atoms with Gasteiger partial charge >= 0.3 is 0 Å². The van der Waals surface area contributed by atoms with E-state index in [9.17, 15) is 4.39 Å². The lowest BCUT2D eigenvalue weighted by molar-refractivity contribution is 0.467. The molecule has 3 rings (SSSR count). The van der Waals surface area contributed by atoms with Crippen molar-refractivity contribution in [1.29, 1.82) is 0 Å². The number of hydrogen-bond donors (Lipinski definition) is 2. The van der Waals surface area contributed by atoms with Crippen molar-refractivity contribution in [2.75, 3.05) is 5.43 Å². The molecule has 96 valence electrons. The van der Waals surface area contributed by atoms with Gasteiger partial charge in [0.1, 0.15) is 16.4 Å². The summed E-state index contributed by atoms with van der Waals surface area (Å²) in [6.07, 6.45) is 0. The highest BCUT2D eigenvalue weighted by molar-refractivity contribution is 7.16. The Balaban J connectivity index is 2.03. The third-order valence-electron chi connectivity index (χ3n) is 2.45. The van der Waals surface area contributed by atoms with Crippen molar-refractivity contribution in [3.05, 3.63) is 41.5 Å². The van der Waals surface area contributed by atoms with E-state index in [0.29, 0.717) is 11.6 Å². The van der Waals surface area contributed by atoms with E-state index in [1.165, 1.54) is 35.6 Å². The van der Waals surface area contributed by atoms with Gasteiger partial charge in [0.2, 0.25) is 11.8 Å². The van der Waals surface area contributed by atoms with Crippen LogP contribution in [0.1, 0.15) is 0 Å². The molecule has 0 bridgehead atoms. The molecule has 0 amide bonds. The molecule has 2 heterocycles. The summed E-state index contributed by atoms with van der Waals surface area (Å²) in [6, 6.07) is 7.57. The maximum absolute atomic E-state index is 12.8. The maximum atomic E-state index is 12.8. The average molecular weight is 276 g/mol. The minimum atomic E-state index is -0.319.